The summed E-state index contributed by atoms with van der Waals surface area (Å²) in [6.45, 7) is 1.37. The fourth-order valence-corrected chi connectivity index (χ4v) is 2.56. The molecule has 0 atom stereocenters. The van der Waals surface area contributed by atoms with Crippen LogP contribution in [0.2, 0.25) is 5.02 Å². The molecule has 0 aromatic carbocycles. The van der Waals surface area contributed by atoms with Crippen LogP contribution in [0, 0.1) is 0 Å². The maximum absolute atomic E-state index is 11.9. The third-order valence-electron chi connectivity index (χ3n) is 3.32. The number of Topliss-reactive ketones (excluding diaryl/α,β-unsaturated/α-hetero) is 1. The second-order valence-corrected chi connectivity index (χ2v) is 5.39. The molecule has 0 amide bonds. The van der Waals surface area contributed by atoms with Gasteiger partial charge in [0.25, 0.3) is 5.56 Å². The normalized spacial score (nSPS) is 16.3. The first kappa shape index (κ1) is 14.1. The molecule has 6 heteroatoms. The number of halogens is 1. The van der Waals surface area contributed by atoms with Gasteiger partial charge in [0, 0.05) is 6.04 Å². The zero-order chi connectivity index (χ0) is 13.8. The zero-order valence-corrected chi connectivity index (χ0v) is 11.7. The third kappa shape index (κ3) is 3.56. The highest BCUT2D eigenvalue weighted by molar-refractivity contribution is 6.32. The summed E-state index contributed by atoms with van der Waals surface area (Å²) in [6, 6.07) is 0.358. The molecule has 1 aromatic heterocycles. The van der Waals surface area contributed by atoms with Gasteiger partial charge in [0.1, 0.15) is 11.6 Å². The smallest absolute Gasteiger partial charge is 0.288 e. The molecular formula is C13H18ClN3O2. The Labute approximate surface area is 117 Å². The summed E-state index contributed by atoms with van der Waals surface area (Å²) in [5, 5.41) is 7.37. The molecule has 0 unspecified atom stereocenters. The minimum atomic E-state index is -0.419. The van der Waals surface area contributed by atoms with Crippen LogP contribution in [-0.4, -0.2) is 21.6 Å². The quantitative estimate of drug-likeness (QED) is 0.920. The molecule has 0 spiro atoms. The van der Waals surface area contributed by atoms with Crippen molar-refractivity contribution >= 4 is 23.1 Å². The zero-order valence-electron chi connectivity index (χ0n) is 11.0. The van der Waals surface area contributed by atoms with Crippen molar-refractivity contribution in [3.05, 3.63) is 21.6 Å². The Bertz CT molecular complexity index is 521. The molecule has 1 saturated carbocycles. The van der Waals surface area contributed by atoms with E-state index in [0.29, 0.717) is 11.7 Å². The molecular weight excluding hydrogens is 266 g/mol. The molecule has 5 nitrogen and oxygen atoms in total. The number of hydrogen-bond acceptors (Lipinski definition) is 4. The Balaban J connectivity index is 2.15. The van der Waals surface area contributed by atoms with Crippen molar-refractivity contribution in [1.29, 1.82) is 0 Å². The number of anilines is 1. The van der Waals surface area contributed by atoms with Crippen LogP contribution >= 0.6 is 11.6 Å². The molecule has 1 N–H and O–H groups in total. The van der Waals surface area contributed by atoms with Crippen molar-refractivity contribution in [2.24, 2.45) is 0 Å². The van der Waals surface area contributed by atoms with E-state index in [9.17, 15) is 9.59 Å². The number of carbonyl (C=O) groups is 1. The van der Waals surface area contributed by atoms with Gasteiger partial charge in [-0.3, -0.25) is 9.59 Å². The Morgan fingerprint density at radius 1 is 1.47 bits per heavy atom. The Kier molecular flexibility index (Phi) is 4.58. The highest BCUT2D eigenvalue weighted by atomic mass is 35.5. The van der Waals surface area contributed by atoms with Crippen LogP contribution in [0.4, 0.5) is 5.69 Å². The lowest BCUT2D eigenvalue weighted by molar-refractivity contribution is -0.117. The maximum Gasteiger partial charge on any atom is 0.288 e. The fraction of sp³-hybridized carbons (Fsp3) is 0.615. The van der Waals surface area contributed by atoms with E-state index in [2.05, 4.69) is 10.4 Å². The molecule has 1 aliphatic rings. The van der Waals surface area contributed by atoms with E-state index in [1.165, 1.54) is 32.4 Å². The molecule has 1 heterocycles. The van der Waals surface area contributed by atoms with Crippen LogP contribution in [-0.2, 0) is 11.3 Å². The number of nitrogens with zero attached hydrogens (tertiary/aromatic N) is 2. The first-order chi connectivity index (χ1) is 9.08. The van der Waals surface area contributed by atoms with Crippen molar-refractivity contribution < 1.29 is 4.79 Å². The Morgan fingerprint density at radius 2 is 2.16 bits per heavy atom. The van der Waals surface area contributed by atoms with Gasteiger partial charge in [-0.05, 0) is 19.8 Å². The summed E-state index contributed by atoms with van der Waals surface area (Å²) in [7, 11) is 0. The van der Waals surface area contributed by atoms with E-state index in [4.69, 9.17) is 11.6 Å². The number of carbonyl (C=O) groups excluding carboxylic acids is 1. The minimum Gasteiger partial charge on any atom is -0.380 e. The van der Waals surface area contributed by atoms with E-state index in [-0.39, 0.29) is 17.4 Å². The molecule has 1 aromatic rings. The van der Waals surface area contributed by atoms with Gasteiger partial charge < -0.3 is 5.32 Å². The van der Waals surface area contributed by atoms with Crippen LogP contribution < -0.4 is 10.9 Å². The number of rotatable bonds is 4. The maximum atomic E-state index is 11.9. The summed E-state index contributed by atoms with van der Waals surface area (Å²) in [6.07, 6.45) is 7.37. The number of hydrogen-bond donors (Lipinski definition) is 1. The van der Waals surface area contributed by atoms with Gasteiger partial charge in [-0.1, -0.05) is 30.9 Å². The summed E-state index contributed by atoms with van der Waals surface area (Å²) >= 11 is 6.05. The third-order valence-corrected chi connectivity index (χ3v) is 3.69. The lowest BCUT2D eigenvalue weighted by Crippen LogP contribution is -2.29. The van der Waals surface area contributed by atoms with Crippen LogP contribution in [0.25, 0.3) is 0 Å². The van der Waals surface area contributed by atoms with Gasteiger partial charge in [0.05, 0.1) is 11.9 Å². The first-order valence-corrected chi connectivity index (χ1v) is 6.97. The molecule has 1 fully saturated rings. The Morgan fingerprint density at radius 3 is 2.79 bits per heavy atom. The molecule has 19 heavy (non-hydrogen) atoms. The Hall–Kier alpha value is -1.36. The van der Waals surface area contributed by atoms with Crippen LogP contribution in [0.1, 0.15) is 39.0 Å². The molecule has 2 rings (SSSR count). The molecule has 1 aliphatic carbocycles. The lowest BCUT2D eigenvalue weighted by Gasteiger charge is -2.24. The van der Waals surface area contributed by atoms with E-state index >= 15 is 0 Å². The van der Waals surface area contributed by atoms with Crippen molar-refractivity contribution in [3.8, 4) is 0 Å². The van der Waals surface area contributed by atoms with Crippen molar-refractivity contribution in [2.75, 3.05) is 5.32 Å². The summed E-state index contributed by atoms with van der Waals surface area (Å²) < 4.78 is 1.09. The first-order valence-electron chi connectivity index (χ1n) is 6.59. The molecule has 104 valence electrons. The molecule has 0 saturated heterocycles. The lowest BCUT2D eigenvalue weighted by atomic mass is 9.95. The van der Waals surface area contributed by atoms with Crippen LogP contribution in [0.15, 0.2) is 11.0 Å². The predicted octanol–water partition coefficient (Wildman–Crippen LogP) is 2.23. The number of aromatic nitrogens is 2. The predicted molar refractivity (Wildman–Crippen MR) is 74.7 cm³/mol. The van der Waals surface area contributed by atoms with Gasteiger partial charge in [0.2, 0.25) is 0 Å². The highest BCUT2D eigenvalue weighted by Crippen LogP contribution is 2.23. The molecule has 0 radical (unpaired) electrons. The summed E-state index contributed by atoms with van der Waals surface area (Å²) in [4.78, 5) is 23.0. The van der Waals surface area contributed by atoms with Crippen LogP contribution in [0.3, 0.4) is 0 Å². The number of nitrogens with one attached hydrogen (secondary N) is 1. The summed E-state index contributed by atoms with van der Waals surface area (Å²) in [5.74, 6) is -0.126. The van der Waals surface area contributed by atoms with Crippen molar-refractivity contribution in [3.63, 3.8) is 0 Å². The van der Waals surface area contributed by atoms with Gasteiger partial charge in [0.15, 0.2) is 5.78 Å². The molecule has 0 aliphatic heterocycles. The standard InChI is InChI=1S/C13H18ClN3O2/c1-9(18)8-17-13(19)12(14)11(7-15-17)16-10-5-3-2-4-6-10/h7,10,16H,2-6,8H2,1H3. The van der Waals surface area contributed by atoms with E-state index in [0.717, 1.165) is 17.5 Å². The average Bonchev–Trinajstić information content (AvgIpc) is 2.39. The van der Waals surface area contributed by atoms with E-state index in [1.807, 2.05) is 0 Å². The SMILES string of the molecule is CC(=O)Cn1ncc(NC2CCCCC2)c(Cl)c1=O. The van der Waals surface area contributed by atoms with Crippen LogP contribution in [0.5, 0.6) is 0 Å². The van der Waals surface area contributed by atoms with Crippen molar-refractivity contribution in [1.82, 2.24) is 9.78 Å². The van der Waals surface area contributed by atoms with Gasteiger partial charge >= 0.3 is 0 Å². The topological polar surface area (TPSA) is 64.0 Å². The number of ketones is 1. The minimum absolute atomic E-state index is 0.0394. The highest BCUT2D eigenvalue weighted by Gasteiger charge is 2.16. The molecule has 0 bridgehead atoms. The fourth-order valence-electron chi connectivity index (χ4n) is 2.36. The average molecular weight is 284 g/mol. The summed E-state index contributed by atoms with van der Waals surface area (Å²) in [5.41, 5.74) is 0.149. The van der Waals surface area contributed by atoms with Gasteiger partial charge in [-0.25, -0.2) is 4.68 Å². The van der Waals surface area contributed by atoms with Gasteiger partial charge in [-0.2, -0.15) is 5.10 Å². The van der Waals surface area contributed by atoms with Gasteiger partial charge in [-0.15, -0.1) is 0 Å². The van der Waals surface area contributed by atoms with E-state index < -0.39 is 5.56 Å². The van der Waals surface area contributed by atoms with Crippen molar-refractivity contribution in [2.45, 2.75) is 51.6 Å². The van der Waals surface area contributed by atoms with E-state index in [1.54, 1.807) is 0 Å². The second kappa shape index (κ2) is 6.19. The second-order valence-electron chi connectivity index (χ2n) is 5.02. The monoisotopic (exact) mass is 283 g/mol. The largest absolute Gasteiger partial charge is 0.380 e.